The molecule has 0 unspecified atom stereocenters. The molecule has 2 aromatic heterocycles. The second-order valence-electron chi connectivity index (χ2n) is 8.66. The molecule has 0 radical (unpaired) electrons. The van der Waals surface area contributed by atoms with Gasteiger partial charge in [-0.15, -0.1) is 0 Å². The van der Waals surface area contributed by atoms with E-state index in [1.165, 1.54) is 54.9 Å². The van der Waals surface area contributed by atoms with Crippen LogP contribution >= 0.6 is 31.1 Å². The molecular weight excluding hydrogens is 627 g/mol. The summed E-state index contributed by atoms with van der Waals surface area (Å²) in [6, 6.07) is 10.2. The van der Waals surface area contributed by atoms with Gasteiger partial charge < -0.3 is 24.1 Å². The highest BCUT2D eigenvalue weighted by atomic mass is 32.2. The largest absolute Gasteiger partial charge is 0.369 e. The van der Waals surface area contributed by atoms with E-state index in [-0.39, 0.29) is 65.2 Å². The first-order valence-electron chi connectivity index (χ1n) is 12.7. The van der Waals surface area contributed by atoms with Crippen LogP contribution in [0.2, 0.25) is 0 Å². The van der Waals surface area contributed by atoms with E-state index in [1.54, 1.807) is 4.57 Å². The standard InChI is InChI=1S/C26H26F2N5O7PS2/c27-19-5-1-17(2-6-19)24(35)42-13-11-39-41(37,40-12-14-43-25(36)18-3-7-20(28)8-4-18)16-38-10-9-33-15-30-21-22(33)31-26(29)32-23(21)34/h1-8,15H,9-14,16H2,(H3,29,31,32,34). The third kappa shape index (κ3) is 9.55. The Morgan fingerprint density at radius 2 is 1.44 bits per heavy atom. The second kappa shape index (κ2) is 15.4. The van der Waals surface area contributed by atoms with Crippen molar-refractivity contribution in [1.82, 2.24) is 19.5 Å². The number of H-pyrrole nitrogens is 1. The monoisotopic (exact) mass is 653 g/mol. The van der Waals surface area contributed by atoms with E-state index in [4.69, 9.17) is 19.5 Å². The minimum Gasteiger partial charge on any atom is -0.369 e. The molecule has 3 N–H and O–H groups in total. The van der Waals surface area contributed by atoms with Crippen LogP contribution in [-0.2, 0) is 24.9 Å². The smallest absolute Gasteiger partial charge is 0.356 e. The molecule has 12 nitrogen and oxygen atoms in total. The molecule has 4 rings (SSSR count). The number of rotatable bonds is 15. The summed E-state index contributed by atoms with van der Waals surface area (Å²) in [6.45, 7) is -0.0430. The predicted molar refractivity (Wildman–Crippen MR) is 159 cm³/mol. The first-order valence-corrected chi connectivity index (χ1v) is 16.4. The van der Waals surface area contributed by atoms with Crippen molar-refractivity contribution in [2.75, 3.05) is 43.4 Å². The minimum atomic E-state index is -3.85. The van der Waals surface area contributed by atoms with Crippen LogP contribution in [0.4, 0.5) is 14.7 Å². The lowest BCUT2D eigenvalue weighted by Gasteiger charge is -2.18. The van der Waals surface area contributed by atoms with E-state index < -0.39 is 31.1 Å². The average molecular weight is 654 g/mol. The van der Waals surface area contributed by atoms with Crippen molar-refractivity contribution in [2.24, 2.45) is 0 Å². The van der Waals surface area contributed by atoms with E-state index in [1.807, 2.05) is 0 Å². The summed E-state index contributed by atoms with van der Waals surface area (Å²) >= 11 is 1.80. The van der Waals surface area contributed by atoms with E-state index in [9.17, 15) is 27.7 Å². The van der Waals surface area contributed by atoms with E-state index >= 15 is 0 Å². The normalized spacial score (nSPS) is 11.7. The number of aromatic nitrogens is 4. The molecule has 0 aliphatic carbocycles. The van der Waals surface area contributed by atoms with Crippen LogP contribution in [0.1, 0.15) is 20.7 Å². The van der Waals surface area contributed by atoms with Gasteiger partial charge >= 0.3 is 7.60 Å². The van der Waals surface area contributed by atoms with Gasteiger partial charge in [0.25, 0.3) is 5.56 Å². The van der Waals surface area contributed by atoms with Crippen LogP contribution in [0.3, 0.4) is 0 Å². The molecular formula is C26H26F2N5O7PS2. The Kier molecular flexibility index (Phi) is 11.6. The van der Waals surface area contributed by atoms with Crippen LogP contribution in [0, 0.1) is 11.6 Å². The Bertz CT molecular complexity index is 1600. The number of anilines is 1. The Balaban J connectivity index is 1.29. The lowest BCUT2D eigenvalue weighted by molar-refractivity contribution is 0.108. The van der Waals surface area contributed by atoms with Crippen molar-refractivity contribution < 1.29 is 36.7 Å². The molecule has 17 heteroatoms. The number of hydrogen-bond acceptors (Lipinski definition) is 12. The number of halogens is 2. The number of aromatic amines is 1. The number of carbonyl (C=O) groups is 2. The Labute approximate surface area is 252 Å². The number of nitrogens with one attached hydrogen (secondary N) is 1. The Hall–Kier alpha value is -3.40. The predicted octanol–water partition coefficient (Wildman–Crippen LogP) is 4.33. The van der Waals surface area contributed by atoms with Crippen molar-refractivity contribution in [1.29, 1.82) is 0 Å². The topological polar surface area (TPSA) is 168 Å². The highest BCUT2D eigenvalue weighted by molar-refractivity contribution is 8.14. The molecule has 0 saturated carbocycles. The zero-order valence-corrected chi connectivity index (χ0v) is 25.0. The molecule has 43 heavy (non-hydrogen) atoms. The van der Waals surface area contributed by atoms with Gasteiger partial charge in [-0.05, 0) is 48.5 Å². The van der Waals surface area contributed by atoms with Gasteiger partial charge in [0.1, 0.15) is 18.0 Å². The van der Waals surface area contributed by atoms with Gasteiger partial charge in [-0.25, -0.2) is 13.8 Å². The van der Waals surface area contributed by atoms with Gasteiger partial charge in [-0.2, -0.15) is 4.98 Å². The summed E-state index contributed by atoms with van der Waals surface area (Å²) in [6.07, 6.45) is 0.954. The third-order valence-corrected chi connectivity index (χ3v) is 8.98. The Morgan fingerprint density at radius 3 is 1.98 bits per heavy atom. The second-order valence-corrected chi connectivity index (χ2v) is 12.8. The fourth-order valence-corrected chi connectivity index (χ4v) is 6.42. The van der Waals surface area contributed by atoms with Gasteiger partial charge in [0.2, 0.25) is 16.2 Å². The van der Waals surface area contributed by atoms with Crippen molar-refractivity contribution in [3.05, 3.63) is 88.0 Å². The summed E-state index contributed by atoms with van der Waals surface area (Å²) < 4.78 is 57.8. The lowest BCUT2D eigenvalue weighted by Crippen LogP contribution is -2.14. The van der Waals surface area contributed by atoms with Crippen LogP contribution in [0.25, 0.3) is 11.2 Å². The highest BCUT2D eigenvalue weighted by Crippen LogP contribution is 2.48. The van der Waals surface area contributed by atoms with E-state index in [0.29, 0.717) is 11.1 Å². The minimum absolute atomic E-state index is 0.0200. The molecule has 0 aliphatic rings. The maximum absolute atomic E-state index is 13.4. The zero-order chi connectivity index (χ0) is 30.8. The maximum atomic E-state index is 13.4. The first kappa shape index (κ1) is 32.5. The van der Waals surface area contributed by atoms with Crippen molar-refractivity contribution in [2.45, 2.75) is 6.54 Å². The van der Waals surface area contributed by atoms with Crippen LogP contribution in [0.15, 0.2) is 59.7 Å². The molecule has 228 valence electrons. The van der Waals surface area contributed by atoms with Crippen molar-refractivity contribution >= 4 is 58.5 Å². The number of fused-ring (bicyclic) bond motifs is 1. The molecule has 2 heterocycles. The first-order chi connectivity index (χ1) is 20.6. The van der Waals surface area contributed by atoms with Gasteiger partial charge in [0.15, 0.2) is 11.2 Å². The summed E-state index contributed by atoms with van der Waals surface area (Å²) in [7, 11) is -3.85. The molecule has 0 aliphatic heterocycles. The number of hydrogen-bond donors (Lipinski definition) is 2. The summed E-state index contributed by atoms with van der Waals surface area (Å²) in [4.78, 5) is 47.0. The average Bonchev–Trinajstić information content (AvgIpc) is 3.39. The number of ether oxygens (including phenoxy) is 1. The number of thioether (sulfide) groups is 2. The molecule has 0 atom stereocenters. The molecule has 0 fully saturated rings. The third-order valence-electron chi connectivity index (χ3n) is 5.59. The lowest BCUT2D eigenvalue weighted by atomic mass is 10.2. The van der Waals surface area contributed by atoms with Crippen LogP contribution < -0.4 is 11.3 Å². The summed E-state index contributed by atoms with van der Waals surface area (Å²) in [5, 5.41) is -0.626. The summed E-state index contributed by atoms with van der Waals surface area (Å²) in [5.74, 6) is -0.738. The molecule has 4 aromatic rings. The van der Waals surface area contributed by atoms with Gasteiger partial charge in [0, 0.05) is 29.2 Å². The molecule has 2 aromatic carbocycles. The van der Waals surface area contributed by atoms with E-state index in [0.717, 1.165) is 23.5 Å². The van der Waals surface area contributed by atoms with Gasteiger partial charge in [0.05, 0.1) is 26.1 Å². The summed E-state index contributed by atoms with van der Waals surface area (Å²) in [5.41, 5.74) is 6.10. The fraction of sp³-hybridized carbons (Fsp3) is 0.269. The zero-order valence-electron chi connectivity index (χ0n) is 22.4. The van der Waals surface area contributed by atoms with Crippen LogP contribution in [-0.4, -0.2) is 67.4 Å². The van der Waals surface area contributed by atoms with Crippen molar-refractivity contribution in [3.63, 3.8) is 0 Å². The van der Waals surface area contributed by atoms with Gasteiger partial charge in [-0.3, -0.25) is 23.9 Å². The fourth-order valence-electron chi connectivity index (χ4n) is 3.55. The number of nitrogens with two attached hydrogens (primary N) is 1. The number of nitrogen functional groups attached to an aromatic ring is 1. The molecule has 0 spiro atoms. The van der Waals surface area contributed by atoms with Gasteiger partial charge in [-0.1, -0.05) is 23.5 Å². The SMILES string of the molecule is Nc1nc2c(ncn2CCOCP(=O)(OCCSC(=O)c2ccc(F)cc2)OCCSC(=O)c2ccc(F)cc2)c(=O)[nH]1. The number of imidazole rings is 1. The maximum Gasteiger partial charge on any atom is 0.356 e. The molecule has 0 amide bonds. The van der Waals surface area contributed by atoms with Crippen LogP contribution in [0.5, 0.6) is 0 Å². The number of nitrogens with zero attached hydrogens (tertiary/aromatic N) is 3. The van der Waals surface area contributed by atoms with E-state index in [2.05, 4.69) is 15.0 Å². The molecule has 0 saturated heterocycles. The molecule has 0 bridgehead atoms. The van der Waals surface area contributed by atoms with Crippen molar-refractivity contribution in [3.8, 4) is 0 Å². The Morgan fingerprint density at radius 1 is 0.907 bits per heavy atom. The number of carbonyl (C=O) groups excluding carboxylic acids is 2. The highest BCUT2D eigenvalue weighted by Gasteiger charge is 2.26. The number of benzene rings is 2. The quantitative estimate of drug-likeness (QED) is 0.138.